The molecule has 0 radical (unpaired) electrons. The van der Waals surface area contributed by atoms with Crippen LogP contribution in [0.5, 0.6) is 11.5 Å². The third kappa shape index (κ3) is 7.15. The van der Waals surface area contributed by atoms with E-state index >= 15 is 0 Å². The minimum Gasteiger partial charge on any atom is -0.504 e. The number of hydrogen-bond acceptors (Lipinski definition) is 6. The smallest absolute Gasteiger partial charge is 0.167 e. The number of benzene rings is 1. The van der Waals surface area contributed by atoms with Crippen molar-refractivity contribution in [3.05, 3.63) is 35.7 Å². The van der Waals surface area contributed by atoms with Crippen LogP contribution in [-0.4, -0.2) is 62.6 Å². The number of aryl methyl sites for hydroxylation is 1. The van der Waals surface area contributed by atoms with Crippen LogP contribution in [0.1, 0.15) is 56.6 Å². The van der Waals surface area contributed by atoms with Gasteiger partial charge in [0.05, 0.1) is 0 Å². The van der Waals surface area contributed by atoms with Gasteiger partial charge in [0, 0.05) is 43.3 Å². The predicted octanol–water partition coefficient (Wildman–Crippen LogP) is 4.34. The number of fused-ring (bicyclic) bond motifs is 1. The Morgan fingerprint density at radius 2 is 2.00 bits per heavy atom. The number of rotatable bonds is 14. The summed E-state index contributed by atoms with van der Waals surface area (Å²) >= 11 is 1.80. The highest BCUT2D eigenvalue weighted by molar-refractivity contribution is 7.99. The third-order valence-corrected chi connectivity index (χ3v) is 7.46. The fraction of sp³-hybridized carbons (Fsp3) is 0.640. The molecule has 0 amide bonds. The van der Waals surface area contributed by atoms with E-state index in [0.29, 0.717) is 6.04 Å². The molecular weight excluding hydrogens is 420 g/mol. The van der Waals surface area contributed by atoms with E-state index in [-0.39, 0.29) is 11.5 Å². The molecular formula is C25H40N4O2S. The molecule has 3 rings (SSSR count). The lowest BCUT2D eigenvalue weighted by molar-refractivity contribution is 0.175. The maximum atomic E-state index is 10.1. The van der Waals surface area contributed by atoms with Gasteiger partial charge in [-0.25, -0.2) is 4.98 Å². The summed E-state index contributed by atoms with van der Waals surface area (Å²) in [4.78, 5) is 6.99. The summed E-state index contributed by atoms with van der Waals surface area (Å²) in [5.41, 5.74) is 2.15. The number of imidazole rings is 1. The first kappa shape index (κ1) is 24.9. The van der Waals surface area contributed by atoms with Gasteiger partial charge in [0.15, 0.2) is 16.7 Å². The number of nitrogens with zero attached hydrogens (tertiary/aromatic N) is 3. The largest absolute Gasteiger partial charge is 0.504 e. The van der Waals surface area contributed by atoms with Gasteiger partial charge in [0.1, 0.15) is 0 Å². The standard InChI is InChI=1S/C25H40N4O2S/c1-3-15-29(21-9-10-22-20(19-21)8-11-23(30)24(22)31)16-7-5-4-6-12-26-14-18-32-25-27-13-17-28(25)2/h8,11,13,17,21,26,30-31H,3-7,9-10,12,14-16,18-19H2,1-2H3/t21-/m0/s1. The van der Waals surface area contributed by atoms with Gasteiger partial charge < -0.3 is 25.0 Å². The van der Waals surface area contributed by atoms with Crippen molar-refractivity contribution in [2.75, 3.05) is 31.9 Å². The summed E-state index contributed by atoms with van der Waals surface area (Å²) < 4.78 is 2.06. The summed E-state index contributed by atoms with van der Waals surface area (Å²) in [6, 6.07) is 4.17. The zero-order valence-electron chi connectivity index (χ0n) is 19.7. The Balaban J connectivity index is 1.28. The fourth-order valence-corrected chi connectivity index (χ4v) is 5.46. The average molecular weight is 461 g/mol. The molecule has 1 atom stereocenters. The second-order valence-electron chi connectivity index (χ2n) is 8.84. The highest BCUT2D eigenvalue weighted by atomic mass is 32.2. The van der Waals surface area contributed by atoms with Crippen molar-refractivity contribution >= 4 is 11.8 Å². The molecule has 7 heteroatoms. The summed E-state index contributed by atoms with van der Waals surface area (Å²) in [6.45, 7) is 6.67. The molecule has 0 saturated carbocycles. The number of thioether (sulfide) groups is 1. The van der Waals surface area contributed by atoms with Crippen LogP contribution < -0.4 is 5.32 Å². The van der Waals surface area contributed by atoms with E-state index in [4.69, 9.17) is 0 Å². The molecule has 0 bridgehead atoms. The predicted molar refractivity (Wildman–Crippen MR) is 133 cm³/mol. The summed E-state index contributed by atoms with van der Waals surface area (Å²) in [5.74, 6) is 1.15. The third-order valence-electron chi connectivity index (χ3n) is 6.40. The first-order valence-corrected chi connectivity index (χ1v) is 13.2. The van der Waals surface area contributed by atoms with Crippen LogP contribution in [0.15, 0.2) is 29.7 Å². The van der Waals surface area contributed by atoms with Crippen LogP contribution in [0.4, 0.5) is 0 Å². The molecule has 178 valence electrons. The molecule has 1 heterocycles. The van der Waals surface area contributed by atoms with Crippen molar-refractivity contribution in [2.24, 2.45) is 7.05 Å². The molecule has 0 fully saturated rings. The second-order valence-corrected chi connectivity index (χ2v) is 9.90. The fourth-order valence-electron chi connectivity index (χ4n) is 4.63. The van der Waals surface area contributed by atoms with Gasteiger partial charge in [-0.3, -0.25) is 0 Å². The number of aromatic hydroxyl groups is 2. The van der Waals surface area contributed by atoms with Gasteiger partial charge in [0.2, 0.25) is 0 Å². The Morgan fingerprint density at radius 3 is 2.78 bits per heavy atom. The Labute approximate surface area is 197 Å². The first-order valence-electron chi connectivity index (χ1n) is 12.2. The van der Waals surface area contributed by atoms with E-state index < -0.39 is 0 Å². The molecule has 1 aliphatic rings. The van der Waals surface area contributed by atoms with Gasteiger partial charge >= 0.3 is 0 Å². The number of hydrogen-bond donors (Lipinski definition) is 3. The molecule has 1 aromatic carbocycles. The summed E-state index contributed by atoms with van der Waals surface area (Å²) in [7, 11) is 2.04. The second kappa shape index (κ2) is 13.1. The van der Waals surface area contributed by atoms with Crippen molar-refractivity contribution < 1.29 is 10.2 Å². The molecule has 0 unspecified atom stereocenters. The van der Waals surface area contributed by atoms with E-state index in [0.717, 1.165) is 61.9 Å². The normalized spacial score (nSPS) is 15.9. The van der Waals surface area contributed by atoms with Gasteiger partial charge in [-0.2, -0.15) is 0 Å². The Bertz CT molecular complexity index is 826. The lowest BCUT2D eigenvalue weighted by Gasteiger charge is -2.35. The van der Waals surface area contributed by atoms with E-state index in [1.807, 2.05) is 25.5 Å². The topological polar surface area (TPSA) is 73.6 Å². The Morgan fingerprint density at radius 1 is 1.16 bits per heavy atom. The number of unbranched alkanes of at least 4 members (excludes halogenated alkanes) is 3. The highest BCUT2D eigenvalue weighted by Gasteiger charge is 2.26. The van der Waals surface area contributed by atoms with Gasteiger partial charge in [-0.15, -0.1) is 0 Å². The molecule has 3 N–H and O–H groups in total. The lowest BCUT2D eigenvalue weighted by Crippen LogP contribution is -2.40. The maximum Gasteiger partial charge on any atom is 0.167 e. The lowest BCUT2D eigenvalue weighted by atomic mass is 9.86. The van der Waals surface area contributed by atoms with Crippen LogP contribution in [0.25, 0.3) is 0 Å². The average Bonchev–Trinajstić information content (AvgIpc) is 3.21. The summed E-state index contributed by atoms with van der Waals surface area (Å²) in [5, 5.41) is 24.5. The minimum atomic E-state index is 0.00831. The molecule has 0 spiro atoms. The van der Waals surface area contributed by atoms with E-state index in [1.165, 1.54) is 37.7 Å². The van der Waals surface area contributed by atoms with E-state index in [2.05, 4.69) is 26.7 Å². The Hall–Kier alpha value is -1.70. The molecule has 0 saturated heterocycles. The van der Waals surface area contributed by atoms with Crippen molar-refractivity contribution in [2.45, 2.75) is 69.5 Å². The zero-order valence-corrected chi connectivity index (χ0v) is 20.5. The number of phenolic OH excluding ortho intramolecular Hbond substituents is 2. The van der Waals surface area contributed by atoms with Gasteiger partial charge in [-0.05, 0) is 69.8 Å². The molecule has 32 heavy (non-hydrogen) atoms. The van der Waals surface area contributed by atoms with Crippen LogP contribution in [-0.2, 0) is 19.9 Å². The molecule has 6 nitrogen and oxygen atoms in total. The Kier molecular flexibility index (Phi) is 10.2. The van der Waals surface area contributed by atoms with Crippen LogP contribution >= 0.6 is 11.8 Å². The number of nitrogens with one attached hydrogen (secondary N) is 1. The zero-order chi connectivity index (χ0) is 22.8. The highest BCUT2D eigenvalue weighted by Crippen LogP contribution is 2.36. The van der Waals surface area contributed by atoms with Crippen LogP contribution in [0.2, 0.25) is 0 Å². The molecule has 2 aromatic rings. The van der Waals surface area contributed by atoms with E-state index in [1.54, 1.807) is 17.8 Å². The molecule has 0 aliphatic heterocycles. The number of phenols is 2. The van der Waals surface area contributed by atoms with E-state index in [9.17, 15) is 10.2 Å². The van der Waals surface area contributed by atoms with Gasteiger partial charge in [0.25, 0.3) is 0 Å². The maximum absolute atomic E-state index is 10.1. The number of aromatic nitrogens is 2. The SMILES string of the molecule is CCCN(CCCCCCNCCSc1nccn1C)[C@H]1CCc2c(ccc(O)c2O)C1. The molecule has 1 aromatic heterocycles. The van der Waals surface area contributed by atoms with Gasteiger partial charge in [-0.1, -0.05) is 37.6 Å². The quantitative estimate of drug-likeness (QED) is 0.221. The summed E-state index contributed by atoms with van der Waals surface area (Å²) in [6.07, 6.45) is 12.9. The molecule has 1 aliphatic carbocycles. The van der Waals surface area contributed by atoms with Crippen molar-refractivity contribution in [1.82, 2.24) is 19.8 Å². The van der Waals surface area contributed by atoms with Crippen LogP contribution in [0, 0.1) is 0 Å². The van der Waals surface area contributed by atoms with Crippen LogP contribution in [0.3, 0.4) is 0 Å². The van der Waals surface area contributed by atoms with Crippen molar-refractivity contribution in [3.8, 4) is 11.5 Å². The monoisotopic (exact) mass is 460 g/mol. The van der Waals surface area contributed by atoms with Crippen molar-refractivity contribution in [1.29, 1.82) is 0 Å². The van der Waals surface area contributed by atoms with Crippen molar-refractivity contribution in [3.63, 3.8) is 0 Å². The minimum absolute atomic E-state index is 0.00831. The first-order chi connectivity index (χ1) is 15.6.